The summed E-state index contributed by atoms with van der Waals surface area (Å²) in [6.45, 7) is 0. The Morgan fingerprint density at radius 2 is 1.17 bits per heavy atom. The Morgan fingerprint density at radius 1 is 0.625 bits per heavy atom. The first-order valence-corrected chi connectivity index (χ1v) is 9.32. The summed E-state index contributed by atoms with van der Waals surface area (Å²) in [5.74, 6) is 0.466. The number of allylic oxidation sites excluding steroid dienone is 1. The molecule has 0 aliphatic carbocycles. The number of hydrogen-bond donors (Lipinski definition) is 0. The van der Waals surface area contributed by atoms with E-state index in [1.807, 2.05) is 11.8 Å². The van der Waals surface area contributed by atoms with Gasteiger partial charge < -0.3 is 0 Å². The second-order valence-electron chi connectivity index (χ2n) is 6.17. The lowest BCUT2D eigenvalue weighted by Crippen LogP contribution is -2.08. The molecule has 24 heavy (non-hydrogen) atoms. The van der Waals surface area contributed by atoms with Gasteiger partial charge in [-0.3, -0.25) is 0 Å². The summed E-state index contributed by atoms with van der Waals surface area (Å²) < 4.78 is 0. The molecule has 3 aromatic rings. The van der Waals surface area contributed by atoms with Crippen molar-refractivity contribution in [3.05, 3.63) is 114 Å². The van der Waals surface area contributed by atoms with E-state index in [-0.39, 0.29) is 0 Å². The number of thioether (sulfide) groups is 1. The zero-order chi connectivity index (χ0) is 16.2. The van der Waals surface area contributed by atoms with Gasteiger partial charge >= 0.3 is 0 Å². The van der Waals surface area contributed by atoms with Crippen LogP contribution in [0.4, 0.5) is 0 Å². The van der Waals surface area contributed by atoms with E-state index < -0.39 is 0 Å². The highest BCUT2D eigenvalue weighted by Crippen LogP contribution is 2.50. The predicted octanol–water partition coefficient (Wildman–Crippen LogP) is 6.69. The summed E-state index contributed by atoms with van der Waals surface area (Å²) in [6, 6.07) is 32.6. The molecule has 1 aliphatic heterocycles. The molecule has 118 valence electrons. The molecule has 3 aromatic carbocycles. The van der Waals surface area contributed by atoms with Crippen molar-refractivity contribution in [3.8, 4) is 0 Å². The van der Waals surface area contributed by atoms with Gasteiger partial charge in [0.15, 0.2) is 0 Å². The van der Waals surface area contributed by atoms with Crippen molar-refractivity contribution in [2.24, 2.45) is 0 Å². The van der Waals surface area contributed by atoms with Gasteiger partial charge in [0.25, 0.3) is 0 Å². The van der Waals surface area contributed by atoms with Crippen LogP contribution in [0, 0.1) is 0 Å². The first kappa shape index (κ1) is 15.3. The van der Waals surface area contributed by atoms with Crippen LogP contribution in [0.15, 0.2) is 97.1 Å². The highest BCUT2D eigenvalue weighted by Gasteiger charge is 2.25. The monoisotopic (exact) mass is 328 g/mol. The Labute approximate surface area is 148 Å². The molecule has 0 nitrogen and oxygen atoms in total. The minimum absolute atomic E-state index is 0.466. The second-order valence-corrected chi connectivity index (χ2v) is 7.41. The summed E-state index contributed by atoms with van der Waals surface area (Å²) in [5.41, 5.74) is 4.15. The van der Waals surface area contributed by atoms with Crippen LogP contribution >= 0.6 is 11.8 Å². The average molecular weight is 328 g/mol. The topological polar surface area (TPSA) is 0 Å². The Kier molecular flexibility index (Phi) is 4.53. The third kappa shape index (κ3) is 3.32. The molecule has 0 N–H and O–H groups in total. The van der Waals surface area contributed by atoms with Crippen LogP contribution in [0.2, 0.25) is 0 Å². The van der Waals surface area contributed by atoms with Crippen molar-refractivity contribution in [2.45, 2.75) is 17.6 Å². The fraction of sp³-hybridized carbons (Fsp3) is 0.130. The van der Waals surface area contributed by atoms with E-state index in [0.717, 1.165) is 6.42 Å². The molecule has 0 saturated carbocycles. The predicted molar refractivity (Wildman–Crippen MR) is 105 cm³/mol. The number of rotatable bonds is 3. The molecule has 1 aliphatic rings. The van der Waals surface area contributed by atoms with Crippen molar-refractivity contribution in [2.75, 3.05) is 0 Å². The van der Waals surface area contributed by atoms with Gasteiger partial charge in [-0.15, -0.1) is 11.8 Å². The van der Waals surface area contributed by atoms with E-state index in [0.29, 0.717) is 11.2 Å². The number of hydrogen-bond acceptors (Lipinski definition) is 1. The number of benzene rings is 3. The van der Waals surface area contributed by atoms with Crippen molar-refractivity contribution in [3.63, 3.8) is 0 Å². The van der Waals surface area contributed by atoms with Crippen LogP contribution in [0.25, 0.3) is 4.91 Å². The highest BCUT2D eigenvalue weighted by atomic mass is 32.2. The lowest BCUT2D eigenvalue weighted by Gasteiger charge is -2.29. The molecular weight excluding hydrogens is 308 g/mol. The van der Waals surface area contributed by atoms with Crippen LogP contribution in [0.3, 0.4) is 0 Å². The van der Waals surface area contributed by atoms with Crippen molar-refractivity contribution in [1.82, 2.24) is 0 Å². The summed E-state index contributed by atoms with van der Waals surface area (Å²) in [5, 5.41) is 0.497. The van der Waals surface area contributed by atoms with Gasteiger partial charge in [-0.2, -0.15) is 0 Å². The molecule has 0 radical (unpaired) electrons. The van der Waals surface area contributed by atoms with Gasteiger partial charge in [0, 0.05) is 16.1 Å². The molecule has 1 heterocycles. The minimum Gasteiger partial charge on any atom is -0.118 e. The van der Waals surface area contributed by atoms with Gasteiger partial charge in [0.2, 0.25) is 0 Å². The third-order valence-electron chi connectivity index (χ3n) is 4.55. The van der Waals surface area contributed by atoms with E-state index in [1.165, 1.54) is 21.6 Å². The molecule has 0 aromatic heterocycles. The lowest BCUT2D eigenvalue weighted by molar-refractivity contribution is 0.720. The molecule has 0 bridgehead atoms. The summed E-state index contributed by atoms with van der Waals surface area (Å²) in [4.78, 5) is 1.39. The molecule has 2 atom stereocenters. The molecule has 0 fully saturated rings. The maximum atomic E-state index is 2.45. The molecule has 4 rings (SSSR count). The summed E-state index contributed by atoms with van der Waals surface area (Å²) in [6.07, 6.45) is 3.60. The first-order chi connectivity index (χ1) is 11.9. The van der Waals surface area contributed by atoms with Gasteiger partial charge in [0.05, 0.1) is 0 Å². The van der Waals surface area contributed by atoms with E-state index in [9.17, 15) is 0 Å². The van der Waals surface area contributed by atoms with Crippen LogP contribution in [-0.2, 0) is 0 Å². The Morgan fingerprint density at radius 3 is 1.79 bits per heavy atom. The quantitative estimate of drug-likeness (QED) is 0.516. The molecule has 0 amide bonds. The summed E-state index contributed by atoms with van der Waals surface area (Å²) in [7, 11) is 0. The van der Waals surface area contributed by atoms with Gasteiger partial charge in [-0.25, -0.2) is 0 Å². The van der Waals surface area contributed by atoms with Crippen LogP contribution in [0.1, 0.15) is 34.3 Å². The Balaban J connectivity index is 1.73. The van der Waals surface area contributed by atoms with Gasteiger partial charge in [-0.05, 0) is 23.1 Å². The largest absolute Gasteiger partial charge is 0.118 e. The maximum Gasteiger partial charge on any atom is 0.0353 e. The van der Waals surface area contributed by atoms with Gasteiger partial charge in [-0.1, -0.05) is 97.1 Å². The van der Waals surface area contributed by atoms with Crippen LogP contribution in [0.5, 0.6) is 0 Å². The van der Waals surface area contributed by atoms with E-state index in [1.54, 1.807) is 0 Å². The van der Waals surface area contributed by atoms with E-state index in [4.69, 9.17) is 0 Å². The SMILES string of the molecule is C1=C(c2ccccc2)SC(c2ccccc2)CC1c1ccccc1. The van der Waals surface area contributed by atoms with Crippen molar-refractivity contribution < 1.29 is 0 Å². The zero-order valence-electron chi connectivity index (χ0n) is 13.5. The van der Waals surface area contributed by atoms with Crippen molar-refractivity contribution in [1.29, 1.82) is 0 Å². The Bertz CT molecular complexity index is 806. The Hall–Kier alpha value is -2.25. The van der Waals surface area contributed by atoms with Gasteiger partial charge in [0.1, 0.15) is 0 Å². The highest BCUT2D eigenvalue weighted by molar-refractivity contribution is 8.08. The first-order valence-electron chi connectivity index (χ1n) is 8.44. The normalized spacial score (nSPS) is 20.4. The summed E-state index contributed by atoms with van der Waals surface area (Å²) >= 11 is 2.00. The maximum absolute atomic E-state index is 2.45. The average Bonchev–Trinajstić information content (AvgIpc) is 2.70. The van der Waals surface area contributed by atoms with Crippen LogP contribution < -0.4 is 0 Å². The van der Waals surface area contributed by atoms with Crippen molar-refractivity contribution >= 4 is 16.7 Å². The molecule has 2 unspecified atom stereocenters. The molecule has 0 saturated heterocycles. The third-order valence-corrected chi connectivity index (χ3v) is 5.92. The molecule has 1 heteroatoms. The fourth-order valence-electron chi connectivity index (χ4n) is 3.29. The standard InChI is InChI=1S/C23H20S/c1-4-10-18(11-5-1)21-16-22(19-12-6-2-7-13-19)24-23(17-21)20-14-8-3-9-15-20/h1-16,21,23H,17H2. The minimum atomic E-state index is 0.466. The molecular formula is C23H20S. The lowest BCUT2D eigenvalue weighted by atomic mass is 9.90. The van der Waals surface area contributed by atoms with Crippen LogP contribution in [-0.4, -0.2) is 0 Å². The second kappa shape index (κ2) is 7.11. The smallest absolute Gasteiger partial charge is 0.0353 e. The van der Waals surface area contributed by atoms with E-state index in [2.05, 4.69) is 97.1 Å². The molecule has 0 spiro atoms. The van der Waals surface area contributed by atoms with E-state index >= 15 is 0 Å². The fourth-order valence-corrected chi connectivity index (χ4v) is 4.71. The zero-order valence-corrected chi connectivity index (χ0v) is 14.3.